The van der Waals surface area contributed by atoms with E-state index in [0.717, 1.165) is 12.1 Å². The molecule has 3 heterocycles. The molecule has 0 unspecified atom stereocenters. The molecule has 3 aromatic rings. The van der Waals surface area contributed by atoms with Gasteiger partial charge in [0.1, 0.15) is 0 Å². The minimum atomic E-state index is -4.40. The van der Waals surface area contributed by atoms with Gasteiger partial charge in [-0.2, -0.15) is 13.2 Å². The number of halogens is 3. The fourth-order valence-corrected chi connectivity index (χ4v) is 3.47. The van der Waals surface area contributed by atoms with Gasteiger partial charge in [-0.1, -0.05) is 0 Å². The number of rotatable bonds is 2. The number of carbonyl (C=O) groups is 2. The predicted octanol–water partition coefficient (Wildman–Crippen LogP) is 2.21. The molecule has 1 aliphatic rings. The van der Waals surface area contributed by atoms with Gasteiger partial charge in [0.25, 0.3) is 0 Å². The van der Waals surface area contributed by atoms with Crippen molar-refractivity contribution >= 4 is 34.4 Å². The van der Waals surface area contributed by atoms with E-state index >= 15 is 0 Å². The van der Waals surface area contributed by atoms with E-state index in [4.69, 9.17) is 4.42 Å². The Morgan fingerprint density at radius 1 is 1.09 bits per heavy atom. The highest BCUT2D eigenvalue weighted by Crippen LogP contribution is 2.30. The van der Waals surface area contributed by atoms with Crippen LogP contribution in [0.15, 0.2) is 45.7 Å². The summed E-state index contributed by atoms with van der Waals surface area (Å²) in [6.45, 7) is 1.46. The Morgan fingerprint density at radius 2 is 1.84 bits per heavy atom. The van der Waals surface area contributed by atoms with E-state index in [-0.39, 0.29) is 23.5 Å². The lowest BCUT2D eigenvalue weighted by Crippen LogP contribution is -2.41. The second-order valence-corrected chi connectivity index (χ2v) is 7.22. The van der Waals surface area contributed by atoms with Gasteiger partial charge in [0.2, 0.25) is 0 Å². The number of aromatic amines is 1. The third-order valence-corrected chi connectivity index (χ3v) is 5.07. The number of nitrogens with zero attached hydrogens (tertiary/aromatic N) is 3. The van der Waals surface area contributed by atoms with Crippen molar-refractivity contribution in [2.75, 3.05) is 36.4 Å². The van der Waals surface area contributed by atoms with Crippen molar-refractivity contribution in [3.63, 3.8) is 0 Å². The van der Waals surface area contributed by atoms with Crippen LogP contribution in [0.2, 0.25) is 0 Å². The second-order valence-electron chi connectivity index (χ2n) is 7.22. The lowest BCUT2D eigenvalue weighted by Gasteiger charge is -2.24. The van der Waals surface area contributed by atoms with Gasteiger partial charge in [0.15, 0.2) is 11.2 Å². The first kappa shape index (κ1) is 21.4. The van der Waals surface area contributed by atoms with Gasteiger partial charge in [-0.05, 0) is 30.7 Å². The predicted molar refractivity (Wildman–Crippen MR) is 108 cm³/mol. The molecule has 32 heavy (non-hydrogen) atoms. The van der Waals surface area contributed by atoms with E-state index in [1.165, 1.54) is 29.3 Å². The van der Waals surface area contributed by atoms with E-state index in [1.54, 1.807) is 0 Å². The zero-order chi connectivity index (χ0) is 22.9. The smallest absolute Gasteiger partial charge is 0.406 e. The second kappa shape index (κ2) is 8.36. The van der Waals surface area contributed by atoms with Gasteiger partial charge in [-0.3, -0.25) is 14.6 Å². The van der Waals surface area contributed by atoms with Crippen molar-refractivity contribution in [2.45, 2.75) is 12.6 Å². The summed E-state index contributed by atoms with van der Waals surface area (Å²) in [6.07, 6.45) is -2.57. The number of hydrogen-bond donors (Lipinski definition) is 2. The van der Waals surface area contributed by atoms with Crippen molar-refractivity contribution in [2.24, 2.45) is 0 Å². The number of hydrogen-bond acceptors (Lipinski definition) is 6. The van der Waals surface area contributed by atoms with Crippen LogP contribution in [-0.2, 0) is 15.8 Å². The molecule has 168 valence electrons. The first-order chi connectivity index (χ1) is 15.2. The van der Waals surface area contributed by atoms with Crippen molar-refractivity contribution in [3.8, 4) is 0 Å². The zero-order valence-electron chi connectivity index (χ0n) is 16.6. The Hall–Kier alpha value is -3.83. The van der Waals surface area contributed by atoms with Gasteiger partial charge in [-0.15, -0.1) is 0 Å². The number of H-pyrrole nitrogens is 1. The number of aromatic nitrogens is 2. The maximum Gasteiger partial charge on any atom is 0.418 e. The number of amides is 2. The monoisotopic (exact) mass is 449 g/mol. The summed E-state index contributed by atoms with van der Waals surface area (Å²) in [5, 5.41) is 2.44. The number of benzene rings is 1. The number of anilines is 2. The molecule has 0 spiro atoms. The highest BCUT2D eigenvalue weighted by atomic mass is 19.4. The Kier molecular flexibility index (Phi) is 5.59. The molecule has 1 aliphatic heterocycles. The lowest BCUT2D eigenvalue weighted by atomic mass is 10.2. The molecule has 0 radical (unpaired) electrons. The fourth-order valence-electron chi connectivity index (χ4n) is 3.47. The topological polar surface area (TPSA) is 112 Å². The highest BCUT2D eigenvalue weighted by Gasteiger charge is 2.30. The minimum Gasteiger partial charge on any atom is -0.406 e. The van der Waals surface area contributed by atoms with Crippen LogP contribution in [0.5, 0.6) is 0 Å². The maximum atomic E-state index is 12.8. The van der Waals surface area contributed by atoms with Gasteiger partial charge >= 0.3 is 23.7 Å². The summed E-state index contributed by atoms with van der Waals surface area (Å²) in [5.41, 5.74) is 0.442. The summed E-state index contributed by atoms with van der Waals surface area (Å²) in [5.74, 6) is -2.30. The quantitative estimate of drug-likeness (QED) is 0.581. The molecule has 0 saturated carbocycles. The van der Waals surface area contributed by atoms with Gasteiger partial charge in [-0.25, -0.2) is 9.78 Å². The maximum absolute atomic E-state index is 12.8. The van der Waals surface area contributed by atoms with Crippen LogP contribution in [0.4, 0.5) is 24.5 Å². The van der Waals surface area contributed by atoms with Gasteiger partial charge < -0.3 is 19.5 Å². The fraction of sp³-hybridized carbons (Fsp3) is 0.300. The molecule has 0 bridgehead atoms. The molecule has 1 saturated heterocycles. The van der Waals surface area contributed by atoms with E-state index < -0.39 is 29.3 Å². The molecule has 0 aliphatic carbocycles. The summed E-state index contributed by atoms with van der Waals surface area (Å²) < 4.78 is 43.1. The average molecular weight is 449 g/mol. The molecule has 12 heteroatoms. The molecule has 2 amide bonds. The minimum absolute atomic E-state index is 0.141. The van der Waals surface area contributed by atoms with Crippen molar-refractivity contribution in [3.05, 3.63) is 52.6 Å². The molecule has 9 nitrogen and oxygen atoms in total. The Labute approximate surface area is 178 Å². The van der Waals surface area contributed by atoms with Gasteiger partial charge in [0.05, 0.1) is 17.4 Å². The third kappa shape index (κ3) is 4.58. The van der Waals surface area contributed by atoms with E-state index in [0.29, 0.717) is 31.7 Å². The van der Waals surface area contributed by atoms with E-state index in [9.17, 15) is 27.6 Å². The number of pyridine rings is 1. The largest absolute Gasteiger partial charge is 0.418 e. The van der Waals surface area contributed by atoms with Crippen LogP contribution in [0.25, 0.3) is 11.2 Å². The summed E-state index contributed by atoms with van der Waals surface area (Å²) in [4.78, 5) is 45.8. The molecule has 2 aromatic heterocycles. The Balaban J connectivity index is 1.38. The Morgan fingerprint density at radius 3 is 2.56 bits per heavy atom. The number of nitrogens with one attached hydrogen (secondary N) is 2. The molecule has 4 rings (SSSR count). The number of alkyl halides is 3. The summed E-state index contributed by atoms with van der Waals surface area (Å²) in [7, 11) is 0. The molecule has 1 fully saturated rings. The number of fused-ring (bicyclic) bond motifs is 1. The first-order valence-corrected chi connectivity index (χ1v) is 9.72. The van der Waals surface area contributed by atoms with Crippen LogP contribution in [0.3, 0.4) is 0 Å². The standard InChI is InChI=1S/C20H18F3N5O4/c21-20(22,23)12-2-4-14(5-3-12)27-6-1-7-28(9-8-27)18(30)17(29)25-13-10-15-16(24-11-13)26-19(31)32-15/h2-5,10-11H,1,6-9H2,(H,25,29)(H,24,26,31). The van der Waals surface area contributed by atoms with Crippen LogP contribution >= 0.6 is 0 Å². The summed E-state index contributed by atoms with van der Waals surface area (Å²) in [6, 6.07) is 6.22. The SMILES string of the molecule is O=C(Nc1cnc2[nH]c(=O)oc2c1)C(=O)N1CCCN(c2ccc(C(F)(F)F)cc2)CC1. The number of oxazole rings is 1. The Bertz CT molecular complexity index is 1200. The molecule has 1 aromatic carbocycles. The summed E-state index contributed by atoms with van der Waals surface area (Å²) >= 11 is 0. The van der Waals surface area contributed by atoms with Crippen molar-refractivity contribution < 1.29 is 27.2 Å². The first-order valence-electron chi connectivity index (χ1n) is 9.72. The van der Waals surface area contributed by atoms with Crippen molar-refractivity contribution in [1.29, 1.82) is 0 Å². The van der Waals surface area contributed by atoms with E-state index in [1.807, 2.05) is 4.90 Å². The van der Waals surface area contributed by atoms with Crippen LogP contribution in [0, 0.1) is 0 Å². The highest BCUT2D eigenvalue weighted by molar-refractivity contribution is 6.39. The molecule has 0 atom stereocenters. The third-order valence-electron chi connectivity index (χ3n) is 5.07. The average Bonchev–Trinajstić information content (AvgIpc) is 2.95. The van der Waals surface area contributed by atoms with Crippen LogP contribution in [-0.4, -0.2) is 52.9 Å². The zero-order valence-corrected chi connectivity index (χ0v) is 16.6. The molecular formula is C20H18F3N5O4. The number of carbonyl (C=O) groups excluding carboxylic acids is 2. The van der Waals surface area contributed by atoms with Crippen molar-refractivity contribution in [1.82, 2.24) is 14.9 Å². The normalized spacial score (nSPS) is 15.0. The van der Waals surface area contributed by atoms with E-state index in [2.05, 4.69) is 15.3 Å². The molecular weight excluding hydrogens is 431 g/mol. The van der Waals surface area contributed by atoms with Crippen LogP contribution < -0.4 is 16.0 Å². The lowest BCUT2D eigenvalue weighted by molar-refractivity contribution is -0.143. The molecule has 2 N–H and O–H groups in total. The van der Waals surface area contributed by atoms with Gasteiger partial charge in [0, 0.05) is 37.9 Å². The van der Waals surface area contributed by atoms with Crippen LogP contribution in [0.1, 0.15) is 12.0 Å².